The van der Waals surface area contributed by atoms with Crippen LogP contribution in [-0.2, 0) is 0 Å². The Balaban J connectivity index is 2.63. The van der Waals surface area contributed by atoms with Gasteiger partial charge < -0.3 is 15.3 Å². The Morgan fingerprint density at radius 1 is 1.18 bits per heavy atom. The van der Waals surface area contributed by atoms with Crippen LogP contribution in [0.5, 0.6) is 0 Å². The molecule has 3 N–H and O–H groups in total. The van der Waals surface area contributed by atoms with Gasteiger partial charge in [0.1, 0.15) is 6.10 Å². The van der Waals surface area contributed by atoms with E-state index in [-0.39, 0.29) is 12.3 Å². The molecule has 66 valence electrons. The summed E-state index contributed by atoms with van der Waals surface area (Å²) in [6, 6.07) is 0. The maximum absolute atomic E-state index is 12.7. The average Bonchev–Trinajstić information content (AvgIpc) is 1.97. The van der Waals surface area contributed by atoms with Gasteiger partial charge in [-0.2, -0.15) is 0 Å². The van der Waals surface area contributed by atoms with Crippen molar-refractivity contribution >= 4 is 0 Å². The molecule has 0 aromatic carbocycles. The largest absolute Gasteiger partial charge is 0.390 e. The molecule has 1 unspecified atom stereocenters. The van der Waals surface area contributed by atoms with Crippen LogP contribution in [0.4, 0.5) is 4.39 Å². The van der Waals surface area contributed by atoms with Gasteiger partial charge in [-0.3, -0.25) is 0 Å². The van der Waals surface area contributed by atoms with Gasteiger partial charge in [-0.05, 0) is 12.3 Å². The zero-order valence-electron chi connectivity index (χ0n) is 6.31. The van der Waals surface area contributed by atoms with Crippen molar-refractivity contribution in [2.24, 2.45) is 5.92 Å². The number of halogens is 1. The first kappa shape index (κ1) is 8.90. The average molecular weight is 164 g/mol. The minimum absolute atomic E-state index is 0.208. The summed E-state index contributed by atoms with van der Waals surface area (Å²) in [6.45, 7) is 1.67. The molecule has 1 fully saturated rings. The van der Waals surface area contributed by atoms with Gasteiger partial charge in [0.2, 0.25) is 0 Å². The topological polar surface area (TPSA) is 60.7 Å². The van der Waals surface area contributed by atoms with Gasteiger partial charge in [0.25, 0.3) is 0 Å². The van der Waals surface area contributed by atoms with Gasteiger partial charge in [0.05, 0.1) is 12.2 Å². The fourth-order valence-corrected chi connectivity index (χ4v) is 1.40. The van der Waals surface area contributed by atoms with Gasteiger partial charge in [0.15, 0.2) is 6.17 Å². The fourth-order valence-electron chi connectivity index (χ4n) is 1.40. The second-order valence-electron chi connectivity index (χ2n) is 3.21. The summed E-state index contributed by atoms with van der Waals surface area (Å²) in [5.74, 6) is -0.244. The van der Waals surface area contributed by atoms with Crippen LogP contribution in [0.2, 0.25) is 0 Å². The van der Waals surface area contributed by atoms with Crippen LogP contribution in [0.3, 0.4) is 0 Å². The van der Waals surface area contributed by atoms with Crippen molar-refractivity contribution in [2.45, 2.75) is 37.8 Å². The summed E-state index contributed by atoms with van der Waals surface area (Å²) in [5, 5.41) is 27.1. The Hall–Kier alpha value is -0.190. The number of rotatable bonds is 0. The first-order valence-electron chi connectivity index (χ1n) is 3.72. The standard InChI is InChI=1S/C7H13FO3/c1-3-2-4(9)5(8)7(11)6(3)10/h3-7,9-11H,2H2,1H3/t3?,4-,5+,6+,7-/m0/s1. The maximum atomic E-state index is 12.7. The molecule has 1 rings (SSSR count). The van der Waals surface area contributed by atoms with Gasteiger partial charge in [-0.1, -0.05) is 6.92 Å². The Morgan fingerprint density at radius 2 is 1.73 bits per heavy atom. The van der Waals surface area contributed by atoms with Gasteiger partial charge >= 0.3 is 0 Å². The third kappa shape index (κ3) is 1.52. The van der Waals surface area contributed by atoms with E-state index >= 15 is 0 Å². The molecular formula is C7H13FO3. The number of hydrogen-bond acceptors (Lipinski definition) is 3. The van der Waals surface area contributed by atoms with Gasteiger partial charge in [-0.25, -0.2) is 4.39 Å². The lowest BCUT2D eigenvalue weighted by Crippen LogP contribution is -2.50. The molecule has 0 aliphatic heterocycles. The highest BCUT2D eigenvalue weighted by molar-refractivity contribution is 4.90. The highest BCUT2D eigenvalue weighted by Crippen LogP contribution is 2.26. The molecule has 1 aliphatic carbocycles. The normalized spacial score (nSPS) is 52.6. The summed E-state index contributed by atoms with van der Waals surface area (Å²) in [4.78, 5) is 0. The van der Waals surface area contributed by atoms with Crippen LogP contribution in [-0.4, -0.2) is 39.8 Å². The van der Waals surface area contributed by atoms with E-state index in [1.807, 2.05) is 0 Å². The van der Waals surface area contributed by atoms with E-state index in [1.165, 1.54) is 0 Å². The Kier molecular flexibility index (Phi) is 2.47. The van der Waals surface area contributed by atoms with Crippen molar-refractivity contribution < 1.29 is 19.7 Å². The monoisotopic (exact) mass is 164 g/mol. The molecule has 0 spiro atoms. The predicted octanol–water partition coefficient (Wildman–Crippen LogP) is -0.553. The molecule has 0 aromatic heterocycles. The molecule has 0 saturated heterocycles. The Morgan fingerprint density at radius 3 is 2.27 bits per heavy atom. The lowest BCUT2D eigenvalue weighted by Gasteiger charge is -2.35. The summed E-state index contributed by atoms with van der Waals surface area (Å²) in [7, 11) is 0. The van der Waals surface area contributed by atoms with E-state index < -0.39 is 24.5 Å². The van der Waals surface area contributed by atoms with Crippen LogP contribution in [0.25, 0.3) is 0 Å². The van der Waals surface area contributed by atoms with Crippen LogP contribution < -0.4 is 0 Å². The lowest BCUT2D eigenvalue weighted by atomic mass is 9.83. The predicted molar refractivity (Wildman–Crippen MR) is 36.7 cm³/mol. The molecule has 0 bridgehead atoms. The third-order valence-electron chi connectivity index (χ3n) is 2.24. The highest BCUT2D eigenvalue weighted by atomic mass is 19.1. The molecule has 0 radical (unpaired) electrons. The molecular weight excluding hydrogens is 151 g/mol. The smallest absolute Gasteiger partial charge is 0.154 e. The van der Waals surface area contributed by atoms with Crippen molar-refractivity contribution in [3.63, 3.8) is 0 Å². The summed E-state index contributed by atoms with van der Waals surface area (Å²) in [5.41, 5.74) is 0. The maximum Gasteiger partial charge on any atom is 0.154 e. The first-order chi connectivity index (χ1) is 5.04. The molecule has 3 nitrogen and oxygen atoms in total. The quantitative estimate of drug-likeness (QED) is 0.450. The van der Waals surface area contributed by atoms with Crippen LogP contribution in [0.15, 0.2) is 0 Å². The minimum atomic E-state index is -1.71. The number of aliphatic hydroxyl groups is 3. The number of hydrogen-bond donors (Lipinski definition) is 3. The highest BCUT2D eigenvalue weighted by Gasteiger charge is 2.40. The number of alkyl halides is 1. The molecule has 0 aromatic rings. The van der Waals surface area contributed by atoms with E-state index in [4.69, 9.17) is 15.3 Å². The zero-order chi connectivity index (χ0) is 8.59. The van der Waals surface area contributed by atoms with Gasteiger partial charge in [-0.15, -0.1) is 0 Å². The summed E-state index contributed by atoms with van der Waals surface area (Å²) >= 11 is 0. The van der Waals surface area contributed by atoms with Gasteiger partial charge in [0, 0.05) is 0 Å². The molecule has 0 heterocycles. The summed E-state index contributed by atoms with van der Waals surface area (Å²) in [6.07, 6.45) is -5.12. The van der Waals surface area contributed by atoms with E-state index in [0.29, 0.717) is 0 Å². The van der Waals surface area contributed by atoms with E-state index in [2.05, 4.69) is 0 Å². The van der Waals surface area contributed by atoms with Crippen LogP contribution >= 0.6 is 0 Å². The van der Waals surface area contributed by atoms with E-state index in [0.717, 1.165) is 0 Å². The lowest BCUT2D eigenvalue weighted by molar-refractivity contribution is -0.127. The summed E-state index contributed by atoms with van der Waals surface area (Å²) < 4.78 is 12.7. The first-order valence-corrected chi connectivity index (χ1v) is 3.72. The van der Waals surface area contributed by atoms with Crippen molar-refractivity contribution in [3.8, 4) is 0 Å². The zero-order valence-corrected chi connectivity index (χ0v) is 6.31. The van der Waals surface area contributed by atoms with Crippen molar-refractivity contribution in [3.05, 3.63) is 0 Å². The van der Waals surface area contributed by atoms with Crippen molar-refractivity contribution in [1.82, 2.24) is 0 Å². The minimum Gasteiger partial charge on any atom is -0.390 e. The molecule has 11 heavy (non-hydrogen) atoms. The SMILES string of the molecule is CC1C[C@H](O)[C@@H](F)[C@H](O)[C@@H]1O. The van der Waals surface area contributed by atoms with Crippen LogP contribution in [0, 0.1) is 5.92 Å². The second kappa shape index (κ2) is 3.05. The van der Waals surface area contributed by atoms with Crippen molar-refractivity contribution in [2.75, 3.05) is 0 Å². The second-order valence-corrected chi connectivity index (χ2v) is 3.21. The Labute approximate surface area is 64.5 Å². The Bertz CT molecular complexity index is 128. The van der Waals surface area contributed by atoms with E-state index in [9.17, 15) is 4.39 Å². The van der Waals surface area contributed by atoms with Crippen molar-refractivity contribution in [1.29, 1.82) is 0 Å². The molecule has 1 saturated carbocycles. The molecule has 1 aliphatic rings. The van der Waals surface area contributed by atoms with Crippen LogP contribution in [0.1, 0.15) is 13.3 Å². The van der Waals surface area contributed by atoms with E-state index in [1.54, 1.807) is 6.92 Å². The third-order valence-corrected chi connectivity index (χ3v) is 2.24. The molecule has 4 heteroatoms. The fraction of sp³-hybridized carbons (Fsp3) is 1.00. The molecule has 5 atom stereocenters. The molecule has 0 amide bonds. The number of aliphatic hydroxyl groups excluding tert-OH is 3.